The summed E-state index contributed by atoms with van der Waals surface area (Å²) in [6.07, 6.45) is 2.48. The van der Waals surface area contributed by atoms with Gasteiger partial charge in [-0.15, -0.1) is 0 Å². The largest absolute Gasteiger partial charge is 0.480 e. The number of nitrogens with zero attached hydrogens (tertiary/aromatic N) is 3. The molecule has 0 aliphatic carbocycles. The van der Waals surface area contributed by atoms with Gasteiger partial charge in [-0.3, -0.25) is 9.79 Å². The van der Waals surface area contributed by atoms with Gasteiger partial charge < -0.3 is 15.8 Å². The van der Waals surface area contributed by atoms with Crippen LogP contribution in [-0.4, -0.2) is 43.0 Å². The van der Waals surface area contributed by atoms with Crippen LogP contribution in [0.25, 0.3) is 0 Å². The lowest BCUT2D eigenvalue weighted by atomic mass is 10.1. The predicted octanol–water partition coefficient (Wildman–Crippen LogP) is 2.58. The second-order valence-corrected chi connectivity index (χ2v) is 9.60. The third kappa shape index (κ3) is 4.71. The van der Waals surface area contributed by atoms with Crippen LogP contribution in [0, 0.1) is 11.6 Å². The van der Waals surface area contributed by atoms with Crippen molar-refractivity contribution in [2.24, 2.45) is 10.7 Å². The molecule has 3 aromatic rings. The molecule has 3 N–H and O–H groups in total. The van der Waals surface area contributed by atoms with Crippen molar-refractivity contribution in [3.05, 3.63) is 83.3 Å². The van der Waals surface area contributed by atoms with Crippen LogP contribution in [-0.2, 0) is 9.84 Å². The molecule has 2 unspecified atom stereocenters. The monoisotopic (exact) mass is 487 g/mol. The van der Waals surface area contributed by atoms with Gasteiger partial charge in [-0.2, -0.15) is 0 Å². The first kappa shape index (κ1) is 23.2. The van der Waals surface area contributed by atoms with Crippen LogP contribution < -0.4 is 15.8 Å². The van der Waals surface area contributed by atoms with Gasteiger partial charge in [0.2, 0.25) is 5.88 Å². The highest BCUT2D eigenvalue weighted by atomic mass is 32.2. The number of methoxy groups -OCH3 is 1. The van der Waals surface area contributed by atoms with Crippen molar-refractivity contribution in [1.29, 1.82) is 0 Å². The number of aromatic nitrogens is 2. The van der Waals surface area contributed by atoms with E-state index < -0.39 is 44.4 Å². The second kappa shape index (κ2) is 9.14. The number of amides is 1. The Kier molecular flexibility index (Phi) is 6.24. The predicted molar refractivity (Wildman–Crippen MR) is 120 cm³/mol. The number of rotatable bonds is 5. The highest BCUT2D eigenvalue weighted by molar-refractivity contribution is 7.92. The van der Waals surface area contributed by atoms with Gasteiger partial charge in [-0.25, -0.2) is 27.2 Å². The molecule has 0 saturated heterocycles. The van der Waals surface area contributed by atoms with E-state index in [0.29, 0.717) is 0 Å². The van der Waals surface area contributed by atoms with Crippen LogP contribution in [0.5, 0.6) is 5.88 Å². The Bertz CT molecular complexity index is 1380. The van der Waals surface area contributed by atoms with Crippen molar-refractivity contribution in [3.63, 3.8) is 0 Å². The van der Waals surface area contributed by atoms with E-state index in [9.17, 15) is 22.0 Å². The molecular formula is C22H19F2N5O4S. The Morgan fingerprint density at radius 3 is 2.59 bits per heavy atom. The van der Waals surface area contributed by atoms with Crippen LogP contribution in [0.4, 0.5) is 14.5 Å². The van der Waals surface area contributed by atoms with Gasteiger partial charge in [0.25, 0.3) is 5.91 Å². The molecule has 2 atom stereocenters. The van der Waals surface area contributed by atoms with Crippen molar-refractivity contribution in [2.45, 2.75) is 11.3 Å². The molecular weight excluding hydrogens is 468 g/mol. The van der Waals surface area contributed by atoms with Gasteiger partial charge >= 0.3 is 0 Å². The van der Waals surface area contributed by atoms with Crippen molar-refractivity contribution in [3.8, 4) is 5.88 Å². The quantitative estimate of drug-likeness (QED) is 0.564. The van der Waals surface area contributed by atoms with Gasteiger partial charge in [-0.05, 0) is 35.9 Å². The number of amidine groups is 1. The SMILES string of the molecule is COc1cnc(C(=O)Nc2ccc(F)c(C3CS(=O)(=O)C(c4cccc(F)c4)C(N)=N3)c2)cn1. The van der Waals surface area contributed by atoms with E-state index in [-0.39, 0.29) is 34.2 Å². The van der Waals surface area contributed by atoms with E-state index in [4.69, 9.17) is 10.5 Å². The van der Waals surface area contributed by atoms with Crippen LogP contribution >= 0.6 is 0 Å². The first-order valence-electron chi connectivity index (χ1n) is 9.95. The Balaban J connectivity index is 1.62. The number of carbonyl (C=O) groups excluding carboxylic acids is 1. The van der Waals surface area contributed by atoms with E-state index in [0.717, 1.165) is 12.1 Å². The molecule has 176 valence electrons. The molecule has 1 aliphatic heterocycles. The first-order chi connectivity index (χ1) is 16.2. The summed E-state index contributed by atoms with van der Waals surface area (Å²) in [5.41, 5.74) is 6.22. The Morgan fingerprint density at radius 2 is 1.94 bits per heavy atom. The summed E-state index contributed by atoms with van der Waals surface area (Å²) in [6.45, 7) is 0. The van der Waals surface area contributed by atoms with E-state index in [1.54, 1.807) is 0 Å². The lowest BCUT2D eigenvalue weighted by Gasteiger charge is -2.27. The summed E-state index contributed by atoms with van der Waals surface area (Å²) < 4.78 is 59.2. The Hall–Kier alpha value is -3.93. The number of anilines is 1. The maximum absolute atomic E-state index is 14.6. The van der Waals surface area contributed by atoms with Gasteiger partial charge in [0, 0.05) is 11.3 Å². The molecule has 1 aliphatic rings. The average molecular weight is 487 g/mol. The minimum absolute atomic E-state index is 0.00730. The molecule has 9 nitrogen and oxygen atoms in total. The molecule has 0 spiro atoms. The molecule has 0 bridgehead atoms. The van der Waals surface area contributed by atoms with Crippen molar-refractivity contribution in [1.82, 2.24) is 9.97 Å². The molecule has 0 saturated carbocycles. The number of hydrogen-bond donors (Lipinski definition) is 2. The number of carbonyl (C=O) groups is 1. The molecule has 12 heteroatoms. The third-order valence-corrected chi connectivity index (χ3v) is 7.17. The standard InChI is InChI=1S/C22H19F2N5O4S/c1-33-19-10-26-17(9-27-19)22(30)28-14-5-6-16(24)15(8-14)18-11-34(31,32)20(21(25)29-18)12-3-2-4-13(23)7-12/h2-10,18,20H,11H2,1H3,(H2,25,29)(H,28,30). The van der Waals surface area contributed by atoms with E-state index >= 15 is 0 Å². The number of nitrogens with one attached hydrogen (secondary N) is 1. The van der Waals surface area contributed by atoms with Crippen molar-refractivity contribution >= 4 is 27.3 Å². The number of nitrogens with two attached hydrogens (primary N) is 1. The molecule has 34 heavy (non-hydrogen) atoms. The molecule has 2 heterocycles. The zero-order valence-electron chi connectivity index (χ0n) is 17.8. The Labute approximate surface area is 193 Å². The molecule has 4 rings (SSSR count). The highest BCUT2D eigenvalue weighted by Gasteiger charge is 2.39. The van der Waals surface area contributed by atoms with Crippen LogP contribution in [0.15, 0.2) is 59.9 Å². The third-order valence-electron chi connectivity index (χ3n) is 5.16. The van der Waals surface area contributed by atoms with Crippen LogP contribution in [0.2, 0.25) is 0 Å². The summed E-state index contributed by atoms with van der Waals surface area (Å²) in [7, 11) is -2.54. The van der Waals surface area contributed by atoms with Crippen molar-refractivity contribution in [2.75, 3.05) is 18.2 Å². The summed E-state index contributed by atoms with van der Waals surface area (Å²) in [5, 5.41) is 1.22. The normalized spacial score (nSPS) is 19.2. The lowest BCUT2D eigenvalue weighted by Crippen LogP contribution is -2.37. The van der Waals surface area contributed by atoms with Gasteiger partial charge in [0.05, 0.1) is 31.3 Å². The van der Waals surface area contributed by atoms with E-state index in [1.807, 2.05) is 0 Å². The Morgan fingerprint density at radius 1 is 1.15 bits per heavy atom. The minimum atomic E-state index is -3.95. The summed E-state index contributed by atoms with van der Waals surface area (Å²) in [5.74, 6) is -2.54. The molecule has 1 amide bonds. The number of benzene rings is 2. The molecule has 1 aromatic heterocycles. The smallest absolute Gasteiger partial charge is 0.275 e. The lowest BCUT2D eigenvalue weighted by molar-refractivity contribution is 0.102. The average Bonchev–Trinajstić information content (AvgIpc) is 2.79. The maximum Gasteiger partial charge on any atom is 0.275 e. The topological polar surface area (TPSA) is 137 Å². The van der Waals surface area contributed by atoms with Crippen LogP contribution in [0.1, 0.15) is 32.9 Å². The van der Waals surface area contributed by atoms with Crippen LogP contribution in [0.3, 0.4) is 0 Å². The molecule has 2 aromatic carbocycles. The van der Waals surface area contributed by atoms with Gasteiger partial charge in [0.1, 0.15) is 28.4 Å². The molecule has 0 radical (unpaired) electrons. The second-order valence-electron chi connectivity index (χ2n) is 7.47. The maximum atomic E-state index is 14.6. The first-order valence-corrected chi connectivity index (χ1v) is 11.7. The summed E-state index contributed by atoms with van der Waals surface area (Å²) >= 11 is 0. The van der Waals surface area contributed by atoms with Gasteiger partial charge in [0.15, 0.2) is 9.84 Å². The van der Waals surface area contributed by atoms with E-state index in [1.165, 1.54) is 49.8 Å². The minimum Gasteiger partial charge on any atom is -0.480 e. The summed E-state index contributed by atoms with van der Waals surface area (Å²) in [6, 6.07) is 7.60. The summed E-state index contributed by atoms with van der Waals surface area (Å²) in [4.78, 5) is 24.5. The van der Waals surface area contributed by atoms with E-state index in [2.05, 4.69) is 20.3 Å². The fraction of sp³-hybridized carbons (Fsp3) is 0.182. The zero-order valence-corrected chi connectivity index (χ0v) is 18.6. The zero-order chi connectivity index (χ0) is 24.5. The van der Waals surface area contributed by atoms with Gasteiger partial charge in [-0.1, -0.05) is 12.1 Å². The highest BCUT2D eigenvalue weighted by Crippen LogP contribution is 2.35. The number of sulfone groups is 1. The van der Waals surface area contributed by atoms with Crippen molar-refractivity contribution < 1.29 is 26.7 Å². The molecule has 0 fully saturated rings. The fourth-order valence-corrected chi connectivity index (χ4v) is 5.48. The number of hydrogen-bond acceptors (Lipinski definition) is 8. The fourth-order valence-electron chi connectivity index (χ4n) is 3.60. The number of ether oxygens (including phenoxy) is 1. The number of aliphatic imine (C=N–C) groups is 1. The number of halogens is 2.